The highest BCUT2D eigenvalue weighted by Crippen LogP contribution is 2.38. The lowest BCUT2D eigenvalue weighted by Crippen LogP contribution is -1.93. The fourth-order valence-corrected chi connectivity index (χ4v) is 2.64. The third-order valence-corrected chi connectivity index (χ3v) is 4.70. The summed E-state index contributed by atoms with van der Waals surface area (Å²) in [7, 11) is 0. The Kier molecular flexibility index (Phi) is 5.12. The Labute approximate surface area is 133 Å². The van der Waals surface area contributed by atoms with Gasteiger partial charge in [-0.2, -0.15) is 0 Å². The van der Waals surface area contributed by atoms with E-state index in [1.807, 2.05) is 36.4 Å². The van der Waals surface area contributed by atoms with E-state index in [-0.39, 0.29) is 11.5 Å². The van der Waals surface area contributed by atoms with Crippen molar-refractivity contribution >= 4 is 0 Å². The molecule has 0 bridgehead atoms. The molecule has 0 aliphatic carbocycles. The van der Waals surface area contributed by atoms with Crippen LogP contribution in [0.2, 0.25) is 0 Å². The maximum atomic E-state index is 10.3. The highest BCUT2D eigenvalue weighted by molar-refractivity contribution is 5.76. The summed E-state index contributed by atoms with van der Waals surface area (Å²) in [6.07, 6.45) is 2.07. The molecule has 0 spiro atoms. The molecule has 22 heavy (non-hydrogen) atoms. The van der Waals surface area contributed by atoms with E-state index in [9.17, 15) is 10.2 Å². The smallest absolute Gasteiger partial charge is 0.123 e. The molecule has 2 aromatic carbocycles. The van der Waals surface area contributed by atoms with Gasteiger partial charge in [0.15, 0.2) is 0 Å². The summed E-state index contributed by atoms with van der Waals surface area (Å²) < 4.78 is 0. The van der Waals surface area contributed by atoms with E-state index in [0.717, 1.165) is 24.0 Å². The molecule has 2 unspecified atom stereocenters. The number of hydrogen-bond acceptors (Lipinski definition) is 2. The first-order chi connectivity index (χ1) is 10.5. The molecule has 0 aromatic heterocycles. The van der Waals surface area contributed by atoms with E-state index in [0.29, 0.717) is 23.0 Å². The molecule has 2 N–H and O–H groups in total. The van der Waals surface area contributed by atoms with E-state index < -0.39 is 0 Å². The molecule has 118 valence electrons. The first-order valence-corrected chi connectivity index (χ1v) is 8.14. The van der Waals surface area contributed by atoms with Crippen LogP contribution in [0.25, 0.3) is 11.1 Å². The predicted molar refractivity (Wildman–Crippen MR) is 92.6 cm³/mol. The Morgan fingerprint density at radius 1 is 0.727 bits per heavy atom. The first kappa shape index (κ1) is 16.4. The lowest BCUT2D eigenvalue weighted by Gasteiger charge is -2.15. The molecular formula is C20H26O2. The maximum absolute atomic E-state index is 10.3. The number of phenols is 2. The summed E-state index contributed by atoms with van der Waals surface area (Å²) >= 11 is 0. The molecule has 0 saturated carbocycles. The van der Waals surface area contributed by atoms with Crippen LogP contribution in [-0.4, -0.2) is 10.2 Å². The summed E-state index contributed by atoms with van der Waals surface area (Å²) in [5.74, 6) is 1.29. The highest BCUT2D eigenvalue weighted by Gasteiger charge is 2.13. The molecule has 0 heterocycles. The number of rotatable bonds is 5. The molecule has 2 heteroatoms. The molecule has 0 amide bonds. The van der Waals surface area contributed by atoms with Gasteiger partial charge in [-0.1, -0.05) is 52.0 Å². The minimum atomic E-state index is 0.226. The Morgan fingerprint density at radius 3 is 1.36 bits per heavy atom. The fourth-order valence-electron chi connectivity index (χ4n) is 2.64. The van der Waals surface area contributed by atoms with Gasteiger partial charge < -0.3 is 10.2 Å². The molecule has 0 radical (unpaired) electrons. The van der Waals surface area contributed by atoms with Crippen LogP contribution in [-0.2, 0) is 0 Å². The van der Waals surface area contributed by atoms with Crippen molar-refractivity contribution in [3.05, 3.63) is 47.5 Å². The monoisotopic (exact) mass is 298 g/mol. The molecule has 2 rings (SSSR count). The number of hydrogen-bond donors (Lipinski definition) is 2. The average Bonchev–Trinajstić information content (AvgIpc) is 2.53. The Hall–Kier alpha value is -1.96. The van der Waals surface area contributed by atoms with Crippen molar-refractivity contribution in [2.24, 2.45) is 0 Å². The van der Waals surface area contributed by atoms with Gasteiger partial charge in [-0.25, -0.2) is 0 Å². The van der Waals surface area contributed by atoms with Gasteiger partial charge in [0.25, 0.3) is 0 Å². The van der Waals surface area contributed by atoms with Gasteiger partial charge in [-0.3, -0.25) is 0 Å². The standard InChI is InChI=1S/C20H26O2/c1-5-13(3)15-7-9-17(19(21)11-15)18-10-8-16(12-20(18)22)14(4)6-2/h7-14,21-22H,5-6H2,1-4H3. The SMILES string of the molecule is CCC(C)c1ccc(-c2ccc(C(C)CC)cc2O)c(O)c1. The van der Waals surface area contributed by atoms with Gasteiger partial charge in [-0.05, 0) is 47.9 Å². The van der Waals surface area contributed by atoms with Gasteiger partial charge in [0.05, 0.1) is 0 Å². The first-order valence-electron chi connectivity index (χ1n) is 8.14. The number of phenolic OH excluding ortho intramolecular Hbond substituents is 2. The van der Waals surface area contributed by atoms with E-state index in [1.54, 1.807) is 0 Å². The summed E-state index contributed by atoms with van der Waals surface area (Å²) in [6, 6.07) is 11.5. The molecule has 0 saturated heterocycles. The van der Waals surface area contributed by atoms with Crippen molar-refractivity contribution < 1.29 is 10.2 Å². The van der Waals surface area contributed by atoms with Crippen LogP contribution in [0.4, 0.5) is 0 Å². The second kappa shape index (κ2) is 6.87. The largest absolute Gasteiger partial charge is 0.507 e. The third kappa shape index (κ3) is 3.27. The Bertz CT molecular complexity index is 589. The van der Waals surface area contributed by atoms with Crippen LogP contribution in [0, 0.1) is 0 Å². The quantitative estimate of drug-likeness (QED) is 0.733. The van der Waals surface area contributed by atoms with Gasteiger partial charge in [0.1, 0.15) is 11.5 Å². The Balaban J connectivity index is 2.40. The van der Waals surface area contributed by atoms with Crippen LogP contribution in [0.5, 0.6) is 11.5 Å². The number of benzene rings is 2. The summed E-state index contributed by atoms with van der Waals surface area (Å²) in [4.78, 5) is 0. The van der Waals surface area contributed by atoms with Gasteiger partial charge in [-0.15, -0.1) is 0 Å². The second-order valence-corrected chi connectivity index (χ2v) is 6.17. The van der Waals surface area contributed by atoms with E-state index >= 15 is 0 Å². The van der Waals surface area contributed by atoms with Crippen molar-refractivity contribution in [2.45, 2.75) is 52.4 Å². The van der Waals surface area contributed by atoms with Crippen molar-refractivity contribution in [1.82, 2.24) is 0 Å². The van der Waals surface area contributed by atoms with Crippen LogP contribution in [0.1, 0.15) is 63.5 Å². The van der Waals surface area contributed by atoms with Crippen LogP contribution >= 0.6 is 0 Å². The van der Waals surface area contributed by atoms with Crippen molar-refractivity contribution in [3.8, 4) is 22.6 Å². The van der Waals surface area contributed by atoms with E-state index in [2.05, 4.69) is 27.7 Å². The zero-order chi connectivity index (χ0) is 16.3. The van der Waals surface area contributed by atoms with Crippen molar-refractivity contribution in [2.75, 3.05) is 0 Å². The van der Waals surface area contributed by atoms with Crippen molar-refractivity contribution in [3.63, 3.8) is 0 Å². The summed E-state index contributed by atoms with van der Waals surface area (Å²) in [5, 5.41) is 20.7. The lowest BCUT2D eigenvalue weighted by molar-refractivity contribution is 0.467. The molecule has 2 nitrogen and oxygen atoms in total. The van der Waals surface area contributed by atoms with Gasteiger partial charge in [0, 0.05) is 11.1 Å². The molecule has 2 aromatic rings. The highest BCUT2D eigenvalue weighted by atomic mass is 16.3. The Morgan fingerprint density at radius 2 is 1.09 bits per heavy atom. The zero-order valence-corrected chi connectivity index (χ0v) is 13.9. The van der Waals surface area contributed by atoms with E-state index in [4.69, 9.17) is 0 Å². The van der Waals surface area contributed by atoms with Crippen LogP contribution in [0.3, 0.4) is 0 Å². The van der Waals surface area contributed by atoms with Crippen LogP contribution < -0.4 is 0 Å². The molecule has 0 aliphatic rings. The van der Waals surface area contributed by atoms with Crippen LogP contribution in [0.15, 0.2) is 36.4 Å². The molecule has 2 atom stereocenters. The molecular weight excluding hydrogens is 272 g/mol. The second-order valence-electron chi connectivity index (χ2n) is 6.17. The minimum Gasteiger partial charge on any atom is -0.507 e. The number of aromatic hydroxyl groups is 2. The summed E-state index contributed by atoms with van der Waals surface area (Å²) in [5.41, 5.74) is 3.61. The van der Waals surface area contributed by atoms with Gasteiger partial charge in [0.2, 0.25) is 0 Å². The summed E-state index contributed by atoms with van der Waals surface area (Å²) in [6.45, 7) is 8.56. The fraction of sp³-hybridized carbons (Fsp3) is 0.400. The van der Waals surface area contributed by atoms with E-state index in [1.165, 1.54) is 0 Å². The maximum Gasteiger partial charge on any atom is 0.123 e. The lowest BCUT2D eigenvalue weighted by atomic mass is 9.92. The topological polar surface area (TPSA) is 40.5 Å². The minimum absolute atomic E-state index is 0.226. The third-order valence-electron chi connectivity index (χ3n) is 4.70. The molecule has 0 aliphatic heterocycles. The van der Waals surface area contributed by atoms with Gasteiger partial charge >= 0.3 is 0 Å². The predicted octanol–water partition coefficient (Wildman–Crippen LogP) is 5.79. The van der Waals surface area contributed by atoms with Crippen molar-refractivity contribution in [1.29, 1.82) is 0 Å². The normalized spacial score (nSPS) is 13.8. The zero-order valence-electron chi connectivity index (χ0n) is 13.9. The molecule has 0 fully saturated rings. The average molecular weight is 298 g/mol.